The molecule has 4 heteroatoms. The second kappa shape index (κ2) is 6.62. The lowest BCUT2D eigenvalue weighted by Crippen LogP contribution is -2.23. The highest BCUT2D eigenvalue weighted by atomic mass is 16.8. The van der Waals surface area contributed by atoms with Crippen LogP contribution in [0.4, 0.5) is 0 Å². The van der Waals surface area contributed by atoms with Crippen LogP contribution in [0.25, 0.3) is 0 Å². The maximum absolute atomic E-state index is 10.9. The van der Waals surface area contributed by atoms with Crippen LogP contribution in [0.1, 0.15) is 39.5 Å². The molecule has 0 heterocycles. The summed E-state index contributed by atoms with van der Waals surface area (Å²) in [6.45, 7) is 3.67. The average molecular weight is 187 g/mol. The summed E-state index contributed by atoms with van der Waals surface area (Å²) in [7, 11) is 0. The predicted octanol–water partition coefficient (Wildman–Crippen LogP) is 2.12. The zero-order valence-corrected chi connectivity index (χ0v) is 8.16. The van der Waals surface area contributed by atoms with Crippen LogP contribution in [0.15, 0.2) is 11.6 Å². The third-order valence-electron chi connectivity index (χ3n) is 1.78. The zero-order valence-electron chi connectivity index (χ0n) is 8.16. The summed E-state index contributed by atoms with van der Waals surface area (Å²) in [6.07, 6.45) is 5.81. The molecule has 0 aliphatic heterocycles. The Labute approximate surface area is 78.4 Å². The number of nitrogens with zero attached hydrogens (tertiary/aromatic N) is 1. The molecule has 0 aromatic heterocycles. The highest BCUT2D eigenvalue weighted by molar-refractivity contribution is 5.91. The number of carbonyl (C=O) groups excluding carboxylic acids is 1. The van der Waals surface area contributed by atoms with Gasteiger partial charge >= 0.3 is 0 Å². The van der Waals surface area contributed by atoms with Gasteiger partial charge in [0.15, 0.2) is 0 Å². The Balaban J connectivity index is 3.81. The minimum absolute atomic E-state index is 0.362. The van der Waals surface area contributed by atoms with Gasteiger partial charge in [0.05, 0.1) is 0 Å². The smallest absolute Gasteiger partial charge is 0.265 e. The lowest BCUT2D eigenvalue weighted by Gasteiger charge is -2.05. The van der Waals surface area contributed by atoms with E-state index in [9.17, 15) is 4.79 Å². The molecule has 0 fully saturated rings. The first-order valence-corrected chi connectivity index (χ1v) is 4.48. The fourth-order valence-corrected chi connectivity index (χ4v) is 0.958. The second-order valence-electron chi connectivity index (χ2n) is 2.98. The van der Waals surface area contributed by atoms with Crippen LogP contribution in [-0.4, -0.2) is 21.5 Å². The van der Waals surface area contributed by atoms with Crippen LogP contribution in [-0.2, 0) is 4.79 Å². The van der Waals surface area contributed by atoms with Gasteiger partial charge in [-0.1, -0.05) is 31.1 Å². The van der Waals surface area contributed by atoms with Gasteiger partial charge in [0, 0.05) is 5.57 Å². The van der Waals surface area contributed by atoms with Gasteiger partial charge in [0.25, 0.3) is 5.91 Å². The van der Waals surface area contributed by atoms with Crippen molar-refractivity contribution in [2.45, 2.75) is 39.5 Å². The molecule has 0 rings (SSSR count). The molecule has 0 unspecified atom stereocenters. The topological polar surface area (TPSA) is 60.8 Å². The van der Waals surface area contributed by atoms with Crippen LogP contribution in [0.2, 0.25) is 0 Å². The molecule has 0 saturated carbocycles. The molecule has 1 amide bonds. The SMILES string of the molecule is CCCCCC=C(C)C(=O)N(O)O. The molecule has 2 N–H and O–H groups in total. The Bertz CT molecular complexity index is 187. The van der Waals surface area contributed by atoms with Crippen molar-refractivity contribution in [3.63, 3.8) is 0 Å². The number of allylic oxidation sites excluding steroid dienone is 1. The Kier molecular flexibility index (Phi) is 6.18. The van der Waals surface area contributed by atoms with Gasteiger partial charge < -0.3 is 0 Å². The van der Waals surface area contributed by atoms with Crippen molar-refractivity contribution in [3.05, 3.63) is 11.6 Å². The number of hydrogen-bond donors (Lipinski definition) is 2. The number of rotatable bonds is 5. The van der Waals surface area contributed by atoms with Crippen molar-refractivity contribution in [1.29, 1.82) is 0 Å². The largest absolute Gasteiger partial charge is 0.298 e. The van der Waals surface area contributed by atoms with Crippen LogP contribution in [0, 0.1) is 0 Å². The van der Waals surface area contributed by atoms with Crippen molar-refractivity contribution in [2.24, 2.45) is 0 Å². The van der Waals surface area contributed by atoms with E-state index in [-0.39, 0.29) is 5.23 Å². The average Bonchev–Trinajstić information content (AvgIpc) is 2.10. The summed E-state index contributed by atoms with van der Waals surface area (Å²) in [5, 5.41) is 16.4. The van der Waals surface area contributed by atoms with Gasteiger partial charge in [-0.05, 0) is 19.8 Å². The summed E-state index contributed by atoms with van der Waals surface area (Å²) in [5.41, 5.74) is 0.362. The van der Waals surface area contributed by atoms with E-state index in [1.54, 1.807) is 13.0 Å². The van der Waals surface area contributed by atoms with Gasteiger partial charge in [-0.3, -0.25) is 15.2 Å². The quantitative estimate of drug-likeness (QED) is 0.300. The molecule has 0 aromatic rings. The molecule has 0 atom stereocenters. The molecule has 0 aliphatic carbocycles. The van der Waals surface area contributed by atoms with E-state index in [1.807, 2.05) is 0 Å². The molecule has 0 bridgehead atoms. The van der Waals surface area contributed by atoms with Crippen molar-refractivity contribution >= 4 is 5.91 Å². The fraction of sp³-hybridized carbons (Fsp3) is 0.667. The van der Waals surface area contributed by atoms with Gasteiger partial charge in [0.2, 0.25) is 0 Å². The Morgan fingerprint density at radius 2 is 2.00 bits per heavy atom. The van der Waals surface area contributed by atoms with Crippen LogP contribution >= 0.6 is 0 Å². The van der Waals surface area contributed by atoms with E-state index in [2.05, 4.69) is 6.92 Å². The first kappa shape index (κ1) is 12.1. The highest BCUT2D eigenvalue weighted by Gasteiger charge is 2.08. The monoisotopic (exact) mass is 187 g/mol. The first-order chi connectivity index (χ1) is 6.09. The molecule has 13 heavy (non-hydrogen) atoms. The van der Waals surface area contributed by atoms with Crippen molar-refractivity contribution in [3.8, 4) is 0 Å². The predicted molar refractivity (Wildman–Crippen MR) is 48.3 cm³/mol. The first-order valence-electron chi connectivity index (χ1n) is 4.48. The van der Waals surface area contributed by atoms with Gasteiger partial charge in [-0.2, -0.15) is 0 Å². The number of amides is 1. The molecule has 0 aromatic carbocycles. The third-order valence-corrected chi connectivity index (χ3v) is 1.78. The van der Waals surface area contributed by atoms with Crippen LogP contribution in [0.3, 0.4) is 0 Å². The Hall–Kier alpha value is -0.870. The summed E-state index contributed by atoms with van der Waals surface area (Å²) in [5.74, 6) is -0.767. The summed E-state index contributed by atoms with van der Waals surface area (Å²) >= 11 is 0. The molecule has 0 spiro atoms. The number of unbranched alkanes of at least 4 members (excludes halogenated alkanes) is 3. The van der Waals surface area contributed by atoms with E-state index in [0.717, 1.165) is 25.7 Å². The summed E-state index contributed by atoms with van der Waals surface area (Å²) in [4.78, 5) is 10.9. The van der Waals surface area contributed by atoms with Crippen LogP contribution in [0.5, 0.6) is 0 Å². The third kappa shape index (κ3) is 5.38. The molecule has 76 valence electrons. The number of hydrogen-bond acceptors (Lipinski definition) is 3. The Morgan fingerprint density at radius 3 is 2.46 bits per heavy atom. The van der Waals surface area contributed by atoms with Crippen molar-refractivity contribution in [1.82, 2.24) is 5.23 Å². The Morgan fingerprint density at radius 1 is 1.38 bits per heavy atom. The van der Waals surface area contributed by atoms with E-state index >= 15 is 0 Å². The molecule has 0 aliphatic rings. The lowest BCUT2D eigenvalue weighted by molar-refractivity contribution is -0.281. The van der Waals surface area contributed by atoms with Crippen molar-refractivity contribution < 1.29 is 15.2 Å². The van der Waals surface area contributed by atoms with E-state index in [4.69, 9.17) is 10.4 Å². The molecule has 4 nitrogen and oxygen atoms in total. The maximum Gasteiger partial charge on any atom is 0.298 e. The van der Waals surface area contributed by atoms with Crippen molar-refractivity contribution in [2.75, 3.05) is 0 Å². The highest BCUT2D eigenvalue weighted by Crippen LogP contribution is 2.04. The minimum Gasteiger partial charge on any atom is -0.265 e. The van der Waals surface area contributed by atoms with Gasteiger partial charge in [0.1, 0.15) is 0 Å². The van der Waals surface area contributed by atoms with E-state index in [0.29, 0.717) is 5.57 Å². The van der Waals surface area contributed by atoms with E-state index < -0.39 is 5.91 Å². The molecule has 0 saturated heterocycles. The normalized spacial score (nSPS) is 11.5. The number of carbonyl (C=O) groups is 1. The molecular weight excluding hydrogens is 170 g/mol. The van der Waals surface area contributed by atoms with Gasteiger partial charge in [-0.25, -0.2) is 0 Å². The van der Waals surface area contributed by atoms with E-state index in [1.165, 1.54) is 0 Å². The fourth-order valence-electron chi connectivity index (χ4n) is 0.958. The standard InChI is InChI=1S/C9H17NO3/c1-3-4-5-6-7-8(2)9(11)10(12)13/h7,12-13H,3-6H2,1-2H3. The maximum atomic E-state index is 10.9. The summed E-state index contributed by atoms with van der Waals surface area (Å²) in [6, 6.07) is 0. The zero-order chi connectivity index (χ0) is 10.3. The summed E-state index contributed by atoms with van der Waals surface area (Å²) < 4.78 is 0. The lowest BCUT2D eigenvalue weighted by atomic mass is 10.1. The second-order valence-corrected chi connectivity index (χ2v) is 2.98. The van der Waals surface area contributed by atoms with Gasteiger partial charge in [-0.15, -0.1) is 0 Å². The number of hydroxylamine groups is 2. The molecule has 0 radical (unpaired) electrons. The minimum atomic E-state index is -0.767. The molecular formula is C9H17NO3. The van der Waals surface area contributed by atoms with Crippen LogP contribution < -0.4 is 0 Å².